The molecule has 1 aliphatic heterocycles. The van der Waals surface area contributed by atoms with Gasteiger partial charge in [-0.2, -0.15) is 0 Å². The highest BCUT2D eigenvalue weighted by atomic mass is 79.9. The lowest BCUT2D eigenvalue weighted by atomic mass is 10.2. The maximum atomic E-state index is 13.2. The number of hydrogen-bond acceptors (Lipinski definition) is 6. The largest absolute Gasteiger partial charge is 0.496 e. The summed E-state index contributed by atoms with van der Waals surface area (Å²) in [4.78, 5) is 14.1. The molecule has 0 aromatic heterocycles. The number of nitrogens with one attached hydrogen (secondary N) is 1. The number of amides is 1. The Labute approximate surface area is 205 Å². The van der Waals surface area contributed by atoms with Crippen LogP contribution in [0.2, 0.25) is 0 Å². The van der Waals surface area contributed by atoms with E-state index in [1.54, 1.807) is 36.4 Å². The minimum Gasteiger partial charge on any atom is -0.496 e. The molecule has 4 rings (SSSR count). The van der Waals surface area contributed by atoms with Crippen molar-refractivity contribution >= 4 is 55.2 Å². The van der Waals surface area contributed by atoms with Gasteiger partial charge in [0.25, 0.3) is 5.91 Å². The van der Waals surface area contributed by atoms with E-state index >= 15 is 0 Å². The number of carbonyl (C=O) groups is 1. The number of benzene rings is 3. The van der Waals surface area contributed by atoms with Crippen LogP contribution in [-0.2, 0) is 20.4 Å². The lowest BCUT2D eigenvalue weighted by Gasteiger charge is -2.20. The zero-order chi connectivity index (χ0) is 23.6. The maximum absolute atomic E-state index is 13.2. The molecule has 6 nitrogen and oxygen atoms in total. The van der Waals surface area contributed by atoms with Crippen molar-refractivity contribution in [3.05, 3.63) is 81.2 Å². The summed E-state index contributed by atoms with van der Waals surface area (Å²) in [6, 6.07) is 17.5. The minimum atomic E-state index is -3.74. The van der Waals surface area contributed by atoms with Crippen LogP contribution in [0.4, 0.5) is 5.69 Å². The summed E-state index contributed by atoms with van der Waals surface area (Å²) in [5.41, 5.74) is 1.80. The Morgan fingerprint density at radius 3 is 2.30 bits per heavy atom. The Balaban J connectivity index is 1.63. The van der Waals surface area contributed by atoms with Crippen molar-refractivity contribution in [2.45, 2.75) is 15.5 Å². The lowest BCUT2D eigenvalue weighted by molar-refractivity contribution is -0.112. The summed E-state index contributed by atoms with van der Waals surface area (Å²) < 4.78 is 38.0. The number of anilines is 1. The molecule has 0 atom stereocenters. The Bertz CT molecular complexity index is 1330. The molecule has 0 spiro atoms. The summed E-state index contributed by atoms with van der Waals surface area (Å²) in [6.45, 7) is 0. The molecular formula is C24H20BrNO5S2. The molecule has 0 aliphatic carbocycles. The fourth-order valence-corrected chi connectivity index (χ4v) is 5.99. The summed E-state index contributed by atoms with van der Waals surface area (Å²) in [5, 5.41) is 2.81. The number of hydrogen-bond donors (Lipinski definition) is 1. The SMILES string of the molecule is COc1cccc(OC)c1CS(=O)(=O)c1ccc2c(c1)NC(=O)C(=Cc1ccc(Br)cc1)S2. The van der Waals surface area contributed by atoms with Crippen molar-refractivity contribution in [2.75, 3.05) is 19.5 Å². The molecule has 0 saturated heterocycles. The van der Waals surface area contributed by atoms with E-state index in [-0.39, 0.29) is 16.6 Å². The molecule has 0 radical (unpaired) electrons. The van der Waals surface area contributed by atoms with E-state index in [2.05, 4.69) is 21.2 Å². The van der Waals surface area contributed by atoms with Crippen molar-refractivity contribution in [3.8, 4) is 11.5 Å². The van der Waals surface area contributed by atoms with E-state index < -0.39 is 9.84 Å². The maximum Gasteiger partial charge on any atom is 0.262 e. The number of carbonyl (C=O) groups excluding carboxylic acids is 1. The molecule has 33 heavy (non-hydrogen) atoms. The molecule has 0 bridgehead atoms. The predicted octanol–water partition coefficient (Wildman–Crippen LogP) is 5.53. The van der Waals surface area contributed by atoms with Gasteiger partial charge in [0, 0.05) is 9.37 Å². The van der Waals surface area contributed by atoms with Crippen molar-refractivity contribution < 1.29 is 22.7 Å². The van der Waals surface area contributed by atoms with E-state index in [1.807, 2.05) is 24.3 Å². The van der Waals surface area contributed by atoms with Crippen molar-refractivity contribution in [2.24, 2.45) is 0 Å². The van der Waals surface area contributed by atoms with Crippen molar-refractivity contribution in [1.82, 2.24) is 0 Å². The smallest absolute Gasteiger partial charge is 0.262 e. The van der Waals surface area contributed by atoms with Crippen LogP contribution in [0.1, 0.15) is 11.1 Å². The zero-order valence-electron chi connectivity index (χ0n) is 17.8. The number of fused-ring (bicyclic) bond motifs is 1. The summed E-state index contributed by atoms with van der Waals surface area (Å²) in [5.74, 6) is 0.288. The first kappa shape index (κ1) is 23.4. The summed E-state index contributed by atoms with van der Waals surface area (Å²) in [7, 11) is -0.771. The molecule has 1 amide bonds. The summed E-state index contributed by atoms with van der Waals surface area (Å²) in [6.07, 6.45) is 1.80. The second-order valence-corrected chi connectivity index (χ2v) is 11.2. The van der Waals surface area contributed by atoms with Crippen LogP contribution in [-0.4, -0.2) is 28.5 Å². The Kier molecular flexibility index (Phi) is 6.83. The third-order valence-electron chi connectivity index (χ3n) is 5.03. The zero-order valence-corrected chi connectivity index (χ0v) is 21.0. The van der Waals surface area contributed by atoms with Crippen molar-refractivity contribution in [3.63, 3.8) is 0 Å². The third kappa shape index (κ3) is 5.10. The van der Waals surface area contributed by atoms with Crippen LogP contribution in [0.15, 0.2) is 79.8 Å². The third-order valence-corrected chi connectivity index (χ3v) is 8.30. The molecule has 0 fully saturated rings. The van der Waals surface area contributed by atoms with E-state index in [9.17, 15) is 13.2 Å². The molecule has 0 unspecified atom stereocenters. The van der Waals surface area contributed by atoms with Crippen LogP contribution in [0.3, 0.4) is 0 Å². The van der Waals surface area contributed by atoms with Gasteiger partial charge in [-0.15, -0.1) is 0 Å². The van der Waals surface area contributed by atoms with Gasteiger partial charge >= 0.3 is 0 Å². The second-order valence-electron chi connectivity index (χ2n) is 7.17. The van der Waals surface area contributed by atoms with Gasteiger partial charge in [-0.1, -0.05) is 45.9 Å². The number of rotatable bonds is 6. The average Bonchev–Trinajstić information content (AvgIpc) is 2.80. The topological polar surface area (TPSA) is 81.7 Å². The number of halogens is 1. The molecule has 3 aromatic carbocycles. The van der Waals surface area contributed by atoms with Crippen LogP contribution in [0, 0.1) is 0 Å². The first-order valence-corrected chi connectivity index (χ1v) is 13.1. The van der Waals surface area contributed by atoms with Gasteiger partial charge < -0.3 is 14.8 Å². The fraction of sp³-hybridized carbons (Fsp3) is 0.125. The summed E-state index contributed by atoms with van der Waals surface area (Å²) >= 11 is 4.70. The normalized spacial score (nSPS) is 14.5. The molecular weight excluding hydrogens is 526 g/mol. The number of thioether (sulfide) groups is 1. The standard InChI is InChI=1S/C24H20BrNO5S2/c1-30-20-4-3-5-21(31-2)18(20)14-33(28,29)17-10-11-22-19(13-17)26-24(27)23(32-22)12-15-6-8-16(25)9-7-15/h3-13H,14H2,1-2H3,(H,26,27). The van der Waals surface area contributed by atoms with Crippen LogP contribution in [0.25, 0.3) is 6.08 Å². The first-order chi connectivity index (χ1) is 15.8. The Morgan fingerprint density at radius 1 is 1.00 bits per heavy atom. The quantitative estimate of drug-likeness (QED) is 0.410. The van der Waals surface area contributed by atoms with E-state index in [0.29, 0.717) is 27.7 Å². The van der Waals surface area contributed by atoms with Gasteiger partial charge in [0.05, 0.1) is 41.0 Å². The van der Waals surface area contributed by atoms with Gasteiger partial charge in [0.1, 0.15) is 11.5 Å². The predicted molar refractivity (Wildman–Crippen MR) is 133 cm³/mol. The van der Waals surface area contributed by atoms with Gasteiger partial charge in [0.2, 0.25) is 0 Å². The molecule has 3 aromatic rings. The Hall–Kier alpha value is -2.75. The molecule has 1 heterocycles. The molecule has 1 N–H and O–H groups in total. The molecule has 170 valence electrons. The first-order valence-electron chi connectivity index (χ1n) is 9.84. The number of ether oxygens (including phenoxy) is 2. The van der Waals surface area contributed by atoms with E-state index in [0.717, 1.165) is 14.9 Å². The van der Waals surface area contributed by atoms with Crippen molar-refractivity contribution in [1.29, 1.82) is 0 Å². The lowest BCUT2D eigenvalue weighted by Crippen LogP contribution is -2.18. The van der Waals surface area contributed by atoms with Crippen LogP contribution in [0.5, 0.6) is 11.5 Å². The van der Waals surface area contributed by atoms with Gasteiger partial charge in [-0.05, 0) is 54.1 Å². The van der Waals surface area contributed by atoms with E-state index in [4.69, 9.17) is 9.47 Å². The average molecular weight is 546 g/mol. The molecule has 0 saturated carbocycles. The number of methoxy groups -OCH3 is 2. The second kappa shape index (κ2) is 9.62. The van der Waals surface area contributed by atoms with Crippen LogP contribution < -0.4 is 14.8 Å². The Morgan fingerprint density at radius 2 is 1.67 bits per heavy atom. The van der Waals surface area contributed by atoms with Gasteiger partial charge in [-0.25, -0.2) is 8.42 Å². The van der Waals surface area contributed by atoms with E-state index in [1.165, 1.54) is 32.0 Å². The molecule has 1 aliphatic rings. The van der Waals surface area contributed by atoms with Gasteiger partial charge in [0.15, 0.2) is 9.84 Å². The molecule has 9 heteroatoms. The monoisotopic (exact) mass is 545 g/mol. The highest BCUT2D eigenvalue weighted by molar-refractivity contribution is 9.10. The number of sulfone groups is 1. The highest BCUT2D eigenvalue weighted by Gasteiger charge is 2.26. The minimum absolute atomic E-state index is 0.107. The van der Waals surface area contributed by atoms with Gasteiger partial charge in [-0.3, -0.25) is 4.79 Å². The highest BCUT2D eigenvalue weighted by Crippen LogP contribution is 2.41. The fourth-order valence-electron chi connectivity index (χ4n) is 3.39. The van der Waals surface area contributed by atoms with Crippen LogP contribution >= 0.6 is 27.7 Å².